The number of benzene rings is 3. The average Bonchev–Trinajstić information content (AvgIpc) is 3.46. The van der Waals surface area contributed by atoms with E-state index in [1.807, 2.05) is 32.9 Å². The van der Waals surface area contributed by atoms with Crippen LogP contribution in [-0.2, 0) is 17.9 Å². The summed E-state index contributed by atoms with van der Waals surface area (Å²) < 4.78 is 7.52. The molecule has 0 radical (unpaired) electrons. The van der Waals surface area contributed by atoms with E-state index in [2.05, 4.69) is 10.6 Å². The van der Waals surface area contributed by atoms with Gasteiger partial charge in [0.15, 0.2) is 0 Å². The van der Waals surface area contributed by atoms with Crippen molar-refractivity contribution in [2.75, 3.05) is 5.32 Å². The number of hydrogen-bond acceptors (Lipinski definition) is 5. The summed E-state index contributed by atoms with van der Waals surface area (Å²) in [5, 5.41) is 5.87. The van der Waals surface area contributed by atoms with E-state index in [0.29, 0.717) is 17.1 Å². The molecular formula is C31H28N4O5. The molecular weight excluding hydrogens is 508 g/mol. The molecule has 2 heterocycles. The maximum Gasteiger partial charge on any atom is 0.336 e. The fourth-order valence-electron chi connectivity index (χ4n) is 4.85. The molecule has 5 rings (SSSR count). The van der Waals surface area contributed by atoms with Gasteiger partial charge in [0.05, 0.1) is 29.4 Å². The first-order valence-electron chi connectivity index (χ1n) is 12.8. The van der Waals surface area contributed by atoms with E-state index in [0.717, 1.165) is 21.3 Å². The van der Waals surface area contributed by atoms with Crippen molar-refractivity contribution in [1.82, 2.24) is 14.5 Å². The van der Waals surface area contributed by atoms with Gasteiger partial charge >= 0.3 is 5.69 Å². The van der Waals surface area contributed by atoms with Crippen molar-refractivity contribution in [3.8, 4) is 5.69 Å². The number of carbonyl (C=O) groups is 2. The molecule has 202 valence electrons. The minimum Gasteiger partial charge on any atom is -0.467 e. The molecule has 40 heavy (non-hydrogen) atoms. The SMILES string of the molecule is Cc1cc(C)c(NC(=O)Cn2c(=O)n(-c3ccccc3)c(=O)c3ccc(C(=O)NCc4ccco4)cc32)c(C)c1. The first kappa shape index (κ1) is 26.4. The molecule has 0 unspecified atom stereocenters. The van der Waals surface area contributed by atoms with E-state index < -0.39 is 23.1 Å². The summed E-state index contributed by atoms with van der Waals surface area (Å²) in [7, 11) is 0. The number of aryl methyl sites for hydroxylation is 3. The Labute approximate surface area is 229 Å². The molecule has 3 aromatic carbocycles. The summed E-state index contributed by atoms with van der Waals surface area (Å²) in [5.74, 6) is -0.278. The predicted octanol–water partition coefficient (Wildman–Crippen LogP) is 4.24. The second kappa shape index (κ2) is 10.9. The number of nitrogens with zero attached hydrogens (tertiary/aromatic N) is 2. The van der Waals surface area contributed by atoms with Crippen molar-refractivity contribution in [1.29, 1.82) is 0 Å². The van der Waals surface area contributed by atoms with Crippen LogP contribution in [0.1, 0.15) is 32.8 Å². The average molecular weight is 537 g/mol. The Hall–Kier alpha value is -5.18. The maximum absolute atomic E-state index is 13.8. The number of rotatable bonds is 7. The summed E-state index contributed by atoms with van der Waals surface area (Å²) in [6, 6.07) is 20.4. The zero-order valence-electron chi connectivity index (χ0n) is 22.4. The van der Waals surface area contributed by atoms with Crippen LogP contribution in [0.5, 0.6) is 0 Å². The van der Waals surface area contributed by atoms with Gasteiger partial charge in [-0.1, -0.05) is 35.9 Å². The van der Waals surface area contributed by atoms with Gasteiger partial charge in [0.2, 0.25) is 5.91 Å². The van der Waals surface area contributed by atoms with Crippen molar-refractivity contribution in [3.05, 3.63) is 128 Å². The number of para-hydroxylation sites is 1. The summed E-state index contributed by atoms with van der Waals surface area (Å²) in [6.45, 7) is 5.59. The van der Waals surface area contributed by atoms with Crippen LogP contribution in [0, 0.1) is 20.8 Å². The lowest BCUT2D eigenvalue weighted by Gasteiger charge is -2.17. The molecule has 2 N–H and O–H groups in total. The zero-order chi connectivity index (χ0) is 28.4. The Morgan fingerprint density at radius 3 is 2.27 bits per heavy atom. The summed E-state index contributed by atoms with van der Waals surface area (Å²) in [5.41, 5.74) is 3.08. The van der Waals surface area contributed by atoms with Gasteiger partial charge in [-0.2, -0.15) is 0 Å². The molecule has 5 aromatic rings. The topological polar surface area (TPSA) is 115 Å². The third-order valence-corrected chi connectivity index (χ3v) is 6.67. The van der Waals surface area contributed by atoms with Gasteiger partial charge in [-0.25, -0.2) is 9.36 Å². The van der Waals surface area contributed by atoms with E-state index in [1.165, 1.54) is 29.0 Å². The Morgan fingerprint density at radius 1 is 0.875 bits per heavy atom. The van der Waals surface area contributed by atoms with Crippen molar-refractivity contribution in [2.45, 2.75) is 33.9 Å². The van der Waals surface area contributed by atoms with Gasteiger partial charge in [0, 0.05) is 11.3 Å². The largest absolute Gasteiger partial charge is 0.467 e. The molecule has 0 aliphatic carbocycles. The third-order valence-electron chi connectivity index (χ3n) is 6.67. The molecule has 0 aliphatic heterocycles. The number of amides is 2. The van der Waals surface area contributed by atoms with Crippen molar-refractivity contribution in [3.63, 3.8) is 0 Å². The van der Waals surface area contributed by atoms with Crippen LogP contribution in [0.4, 0.5) is 5.69 Å². The van der Waals surface area contributed by atoms with Crippen LogP contribution >= 0.6 is 0 Å². The van der Waals surface area contributed by atoms with Gasteiger partial charge in [-0.05, 0) is 74.4 Å². The fraction of sp³-hybridized carbons (Fsp3) is 0.161. The number of fused-ring (bicyclic) bond motifs is 1. The molecule has 9 heteroatoms. The standard InChI is InChI=1S/C31H28N4O5/c1-19-14-20(2)28(21(3)15-19)33-27(36)18-34-26-16-22(29(37)32-17-24-10-7-13-40-24)11-12-25(26)30(38)35(31(34)39)23-8-5-4-6-9-23/h4-16H,17-18H2,1-3H3,(H,32,37)(H,33,36). The first-order chi connectivity index (χ1) is 19.2. The molecule has 0 bridgehead atoms. The second-order valence-corrected chi connectivity index (χ2v) is 9.66. The van der Waals surface area contributed by atoms with Gasteiger partial charge < -0.3 is 15.1 Å². The molecule has 2 aromatic heterocycles. The number of aromatic nitrogens is 2. The summed E-state index contributed by atoms with van der Waals surface area (Å²) in [6.07, 6.45) is 1.51. The highest BCUT2D eigenvalue weighted by Crippen LogP contribution is 2.22. The number of carbonyl (C=O) groups excluding carboxylic acids is 2. The molecule has 0 saturated heterocycles. The second-order valence-electron chi connectivity index (χ2n) is 9.66. The Bertz CT molecular complexity index is 1830. The van der Waals surface area contributed by atoms with E-state index in [4.69, 9.17) is 4.42 Å². The Morgan fingerprint density at radius 2 is 1.60 bits per heavy atom. The molecule has 9 nitrogen and oxygen atoms in total. The number of nitrogens with one attached hydrogen (secondary N) is 2. The Kier molecular flexibility index (Phi) is 7.20. The summed E-state index contributed by atoms with van der Waals surface area (Å²) in [4.78, 5) is 53.5. The van der Waals surface area contributed by atoms with Crippen molar-refractivity contribution >= 4 is 28.4 Å². The third kappa shape index (κ3) is 5.22. The fourth-order valence-corrected chi connectivity index (χ4v) is 4.85. The van der Waals surface area contributed by atoms with E-state index in [-0.39, 0.29) is 29.6 Å². The lowest BCUT2D eigenvalue weighted by atomic mass is 10.1. The van der Waals surface area contributed by atoms with Crippen molar-refractivity contribution < 1.29 is 14.0 Å². The predicted molar refractivity (Wildman–Crippen MR) is 153 cm³/mol. The highest BCUT2D eigenvalue weighted by atomic mass is 16.3. The number of hydrogen-bond donors (Lipinski definition) is 2. The molecule has 2 amide bonds. The molecule has 0 spiro atoms. The number of furan rings is 1. The maximum atomic E-state index is 13.8. The lowest BCUT2D eigenvalue weighted by molar-refractivity contribution is -0.116. The van der Waals surface area contributed by atoms with Gasteiger partial charge in [0.1, 0.15) is 12.3 Å². The van der Waals surface area contributed by atoms with Gasteiger partial charge in [-0.15, -0.1) is 0 Å². The summed E-state index contributed by atoms with van der Waals surface area (Å²) >= 11 is 0. The zero-order valence-corrected chi connectivity index (χ0v) is 22.4. The van der Waals surface area contributed by atoms with Crippen LogP contribution in [0.2, 0.25) is 0 Å². The Balaban J connectivity index is 1.59. The van der Waals surface area contributed by atoms with E-state index >= 15 is 0 Å². The highest BCUT2D eigenvalue weighted by Gasteiger charge is 2.19. The minimum atomic E-state index is -0.690. The highest BCUT2D eigenvalue weighted by molar-refractivity contribution is 5.98. The van der Waals surface area contributed by atoms with Crippen LogP contribution in [0.3, 0.4) is 0 Å². The van der Waals surface area contributed by atoms with Crippen molar-refractivity contribution in [2.24, 2.45) is 0 Å². The monoisotopic (exact) mass is 536 g/mol. The lowest BCUT2D eigenvalue weighted by Crippen LogP contribution is -2.41. The smallest absolute Gasteiger partial charge is 0.336 e. The molecule has 0 saturated carbocycles. The van der Waals surface area contributed by atoms with E-state index in [9.17, 15) is 19.2 Å². The van der Waals surface area contributed by atoms with E-state index in [1.54, 1.807) is 42.5 Å². The molecule has 0 aliphatic rings. The number of anilines is 1. The quantitative estimate of drug-likeness (QED) is 0.323. The minimum absolute atomic E-state index is 0.171. The normalized spacial score (nSPS) is 11.0. The van der Waals surface area contributed by atoms with Crippen LogP contribution in [0.25, 0.3) is 16.6 Å². The van der Waals surface area contributed by atoms with Crippen LogP contribution in [-0.4, -0.2) is 20.9 Å². The van der Waals surface area contributed by atoms with Crippen LogP contribution in [0.15, 0.2) is 93.1 Å². The first-order valence-corrected chi connectivity index (χ1v) is 12.8. The molecule has 0 fully saturated rings. The van der Waals surface area contributed by atoms with Crippen LogP contribution < -0.4 is 21.9 Å². The van der Waals surface area contributed by atoms with Gasteiger partial charge in [-0.3, -0.25) is 19.0 Å². The molecule has 0 atom stereocenters. The van der Waals surface area contributed by atoms with Gasteiger partial charge in [0.25, 0.3) is 11.5 Å².